The van der Waals surface area contributed by atoms with Gasteiger partial charge < -0.3 is 10.6 Å². The predicted molar refractivity (Wildman–Crippen MR) is 121 cm³/mol. The summed E-state index contributed by atoms with van der Waals surface area (Å²) in [6, 6.07) is 18.3. The minimum Gasteiger partial charge on any atom is -0.340 e. The Morgan fingerprint density at radius 3 is 2.50 bits per heavy atom. The lowest BCUT2D eigenvalue weighted by atomic mass is 9.78. The van der Waals surface area contributed by atoms with E-state index in [-0.39, 0.29) is 36.8 Å². The number of amides is 1. The maximum Gasteiger partial charge on any atom is 0.233 e. The third-order valence-electron chi connectivity index (χ3n) is 5.24. The number of fused-ring (bicyclic) bond motifs is 1. The summed E-state index contributed by atoms with van der Waals surface area (Å²) in [4.78, 5) is 20.2. The Labute approximate surface area is 182 Å². The molecule has 2 atom stereocenters. The van der Waals surface area contributed by atoms with E-state index in [1.165, 1.54) is 0 Å². The number of thiazole rings is 1. The lowest BCUT2D eigenvalue weighted by Crippen LogP contribution is -2.46. The van der Waals surface area contributed by atoms with Crippen LogP contribution in [-0.4, -0.2) is 34.9 Å². The molecule has 1 saturated heterocycles. The summed E-state index contributed by atoms with van der Waals surface area (Å²) in [7, 11) is 0. The molecule has 2 heterocycles. The summed E-state index contributed by atoms with van der Waals surface area (Å²) >= 11 is 1.67. The molecule has 0 aliphatic carbocycles. The van der Waals surface area contributed by atoms with E-state index in [1.807, 2.05) is 60.4 Å². The van der Waals surface area contributed by atoms with Crippen LogP contribution in [0.15, 0.2) is 54.6 Å². The van der Waals surface area contributed by atoms with Gasteiger partial charge in [-0.3, -0.25) is 4.79 Å². The minimum absolute atomic E-state index is 0. The predicted octanol–water partition coefficient (Wildman–Crippen LogP) is 4.20. The van der Waals surface area contributed by atoms with E-state index in [1.54, 1.807) is 11.3 Å². The quantitative estimate of drug-likeness (QED) is 0.664. The van der Waals surface area contributed by atoms with E-state index in [9.17, 15) is 4.79 Å². The highest BCUT2D eigenvalue weighted by atomic mass is 35.5. The summed E-state index contributed by atoms with van der Waals surface area (Å²) in [5.41, 5.74) is 7.44. The van der Waals surface area contributed by atoms with E-state index in [2.05, 4.69) is 6.07 Å². The molecule has 1 amide bonds. The van der Waals surface area contributed by atoms with Gasteiger partial charge in [0.25, 0.3) is 0 Å². The van der Waals surface area contributed by atoms with Crippen molar-refractivity contribution in [3.63, 3.8) is 0 Å². The fourth-order valence-corrected chi connectivity index (χ4v) is 4.85. The molecule has 150 valence electrons. The lowest BCUT2D eigenvalue weighted by molar-refractivity contribution is -0.135. The SMILES string of the molecule is CC(Cc1nc2ccccc2s1)(C(=O)N1CC[C@@H](N)C1)c1ccccc1.Cl.Cl. The number of likely N-dealkylation sites (tertiary alicyclic amines) is 1. The van der Waals surface area contributed by atoms with E-state index >= 15 is 0 Å². The van der Waals surface area contributed by atoms with Crippen LogP contribution in [0.1, 0.15) is 23.9 Å². The Morgan fingerprint density at radius 1 is 1.18 bits per heavy atom. The van der Waals surface area contributed by atoms with Gasteiger partial charge in [0.1, 0.15) is 0 Å². The van der Waals surface area contributed by atoms with Gasteiger partial charge in [-0.25, -0.2) is 4.98 Å². The Hall–Kier alpha value is -1.66. The molecule has 1 fully saturated rings. The van der Waals surface area contributed by atoms with Gasteiger partial charge >= 0.3 is 0 Å². The van der Waals surface area contributed by atoms with Crippen molar-refractivity contribution < 1.29 is 4.79 Å². The van der Waals surface area contributed by atoms with Crippen molar-refractivity contribution in [1.29, 1.82) is 0 Å². The highest BCUT2D eigenvalue weighted by Gasteiger charge is 2.41. The molecule has 1 unspecified atom stereocenters. The molecule has 1 aromatic heterocycles. The molecular formula is C21H25Cl2N3OS. The van der Waals surface area contributed by atoms with Crippen LogP contribution in [0.2, 0.25) is 0 Å². The maximum absolute atomic E-state index is 13.5. The number of benzene rings is 2. The van der Waals surface area contributed by atoms with Crippen LogP contribution in [0.3, 0.4) is 0 Å². The van der Waals surface area contributed by atoms with Gasteiger partial charge in [-0.15, -0.1) is 36.2 Å². The van der Waals surface area contributed by atoms with Gasteiger partial charge in [-0.05, 0) is 31.0 Å². The smallest absolute Gasteiger partial charge is 0.233 e. The fraction of sp³-hybridized carbons (Fsp3) is 0.333. The van der Waals surface area contributed by atoms with Crippen molar-refractivity contribution in [3.8, 4) is 0 Å². The van der Waals surface area contributed by atoms with Crippen LogP contribution >= 0.6 is 36.2 Å². The first-order chi connectivity index (χ1) is 12.6. The van der Waals surface area contributed by atoms with Crippen molar-refractivity contribution >= 4 is 52.3 Å². The Bertz CT molecular complexity index is 901. The Morgan fingerprint density at radius 2 is 1.86 bits per heavy atom. The molecule has 1 aliphatic heterocycles. The van der Waals surface area contributed by atoms with Crippen molar-refractivity contribution in [2.75, 3.05) is 13.1 Å². The molecule has 4 rings (SSSR count). The zero-order valence-electron chi connectivity index (χ0n) is 15.7. The summed E-state index contributed by atoms with van der Waals surface area (Å²) < 4.78 is 1.16. The molecule has 2 aromatic carbocycles. The average Bonchev–Trinajstić information content (AvgIpc) is 3.27. The number of hydrogen-bond donors (Lipinski definition) is 1. The summed E-state index contributed by atoms with van der Waals surface area (Å²) in [6.45, 7) is 3.42. The van der Waals surface area contributed by atoms with Gasteiger partial charge in [0, 0.05) is 25.6 Å². The molecule has 0 radical (unpaired) electrons. The summed E-state index contributed by atoms with van der Waals surface area (Å²) in [5.74, 6) is 0.149. The zero-order valence-corrected chi connectivity index (χ0v) is 18.2. The first-order valence-electron chi connectivity index (χ1n) is 9.01. The molecule has 7 heteroatoms. The second-order valence-corrected chi connectivity index (χ2v) is 8.37. The number of carbonyl (C=O) groups is 1. The summed E-state index contributed by atoms with van der Waals surface area (Å²) in [5, 5.41) is 0.995. The third kappa shape index (κ3) is 4.33. The van der Waals surface area contributed by atoms with Gasteiger partial charge in [-0.1, -0.05) is 42.5 Å². The van der Waals surface area contributed by atoms with Crippen LogP contribution in [0.4, 0.5) is 0 Å². The van der Waals surface area contributed by atoms with Crippen molar-refractivity contribution in [1.82, 2.24) is 9.88 Å². The van der Waals surface area contributed by atoms with Crippen LogP contribution in [0.5, 0.6) is 0 Å². The zero-order chi connectivity index (χ0) is 18.1. The molecule has 1 aliphatic rings. The standard InChI is InChI=1S/C21H23N3OS.2ClH/c1-21(15-7-3-2-4-8-15,20(25)24-12-11-16(22)14-24)13-19-23-17-9-5-6-10-18(17)26-19;;/h2-10,16H,11-14,22H2,1H3;2*1H/t16-,21?;;/m1../s1. The minimum atomic E-state index is -0.640. The van der Waals surface area contributed by atoms with E-state index < -0.39 is 5.41 Å². The number of nitrogens with zero attached hydrogens (tertiary/aromatic N) is 2. The highest BCUT2D eigenvalue weighted by molar-refractivity contribution is 7.18. The van der Waals surface area contributed by atoms with Gasteiger partial charge in [0.2, 0.25) is 5.91 Å². The van der Waals surface area contributed by atoms with Crippen LogP contribution in [0, 0.1) is 0 Å². The monoisotopic (exact) mass is 437 g/mol. The second-order valence-electron chi connectivity index (χ2n) is 7.25. The number of hydrogen-bond acceptors (Lipinski definition) is 4. The number of carbonyl (C=O) groups excluding carboxylic acids is 1. The van der Waals surface area contributed by atoms with Gasteiger partial charge in [-0.2, -0.15) is 0 Å². The number of nitrogens with two attached hydrogens (primary N) is 1. The number of halogens is 2. The average molecular weight is 438 g/mol. The van der Waals surface area contributed by atoms with Crippen LogP contribution in [0.25, 0.3) is 10.2 Å². The van der Waals surface area contributed by atoms with E-state index in [0.29, 0.717) is 13.0 Å². The summed E-state index contributed by atoms with van der Waals surface area (Å²) in [6.07, 6.45) is 1.47. The largest absolute Gasteiger partial charge is 0.340 e. The Kier molecular flexibility index (Phi) is 7.46. The van der Waals surface area contributed by atoms with Crippen molar-refractivity contribution in [2.24, 2.45) is 5.73 Å². The van der Waals surface area contributed by atoms with E-state index in [4.69, 9.17) is 10.7 Å². The highest BCUT2D eigenvalue weighted by Crippen LogP contribution is 2.34. The van der Waals surface area contributed by atoms with Crippen molar-refractivity contribution in [3.05, 3.63) is 65.2 Å². The topological polar surface area (TPSA) is 59.2 Å². The van der Waals surface area contributed by atoms with Crippen LogP contribution in [-0.2, 0) is 16.6 Å². The normalized spacial score (nSPS) is 18.2. The third-order valence-corrected chi connectivity index (χ3v) is 6.27. The molecular weight excluding hydrogens is 413 g/mol. The first kappa shape index (κ1) is 22.6. The van der Waals surface area contributed by atoms with E-state index in [0.717, 1.165) is 33.8 Å². The second kappa shape index (κ2) is 9.23. The molecule has 0 bridgehead atoms. The fourth-order valence-electron chi connectivity index (χ4n) is 3.73. The maximum atomic E-state index is 13.5. The van der Waals surface area contributed by atoms with Gasteiger partial charge in [0.15, 0.2) is 0 Å². The lowest BCUT2D eigenvalue weighted by Gasteiger charge is -2.32. The Balaban J connectivity index is 0.00000140. The molecule has 3 aromatic rings. The molecule has 28 heavy (non-hydrogen) atoms. The number of rotatable bonds is 4. The number of aromatic nitrogens is 1. The molecule has 4 nitrogen and oxygen atoms in total. The van der Waals surface area contributed by atoms with Crippen LogP contribution < -0.4 is 5.73 Å². The van der Waals surface area contributed by atoms with Crippen molar-refractivity contribution in [2.45, 2.75) is 31.2 Å². The molecule has 0 saturated carbocycles. The molecule has 2 N–H and O–H groups in total. The first-order valence-corrected chi connectivity index (χ1v) is 9.83. The molecule has 0 spiro atoms. The number of para-hydroxylation sites is 1. The van der Waals surface area contributed by atoms with Gasteiger partial charge in [0.05, 0.1) is 20.6 Å².